The van der Waals surface area contributed by atoms with Crippen LogP contribution in [0.5, 0.6) is 5.75 Å². The summed E-state index contributed by atoms with van der Waals surface area (Å²) in [5, 5.41) is 14.9. The van der Waals surface area contributed by atoms with Crippen LogP contribution in [-0.2, 0) is 15.6 Å². The molecule has 2 rings (SSSR count). The Bertz CT molecular complexity index is 661. The lowest BCUT2D eigenvalue weighted by molar-refractivity contribution is -0.122. The Morgan fingerprint density at radius 3 is 2.15 bits per heavy atom. The number of hydrogen-bond acceptors (Lipinski definition) is 5. The van der Waals surface area contributed by atoms with Crippen LogP contribution in [0.4, 0.5) is 0 Å². The zero-order valence-corrected chi connectivity index (χ0v) is 18.2. The number of benzene rings is 1. The van der Waals surface area contributed by atoms with Gasteiger partial charge in [-0.15, -0.1) is 0 Å². The average Bonchev–Trinajstić information content (AvgIpc) is 2.55. The monoisotopic (exact) mass is 391 g/mol. The number of carbonyl (C=O) groups is 1. The van der Waals surface area contributed by atoms with Gasteiger partial charge in [0.1, 0.15) is 5.75 Å². The summed E-state index contributed by atoms with van der Waals surface area (Å²) in [4.78, 5) is 14.2. The van der Waals surface area contributed by atoms with E-state index in [1.807, 2.05) is 23.9 Å². The van der Waals surface area contributed by atoms with Gasteiger partial charge in [-0.05, 0) is 28.5 Å². The van der Waals surface area contributed by atoms with Crippen LogP contribution in [0.25, 0.3) is 0 Å². The molecule has 0 aliphatic carbocycles. The Balaban J connectivity index is 2.15. The third-order valence-electron chi connectivity index (χ3n) is 4.62. The molecule has 0 spiro atoms. The summed E-state index contributed by atoms with van der Waals surface area (Å²) in [5.74, 6) is 2.41. The molecule has 0 unspecified atom stereocenters. The summed E-state index contributed by atoms with van der Waals surface area (Å²) in [6.07, 6.45) is 1.66. The number of phenolic OH excluding ortho intramolecular Hbond substituents is 1. The maximum atomic E-state index is 12.1. The molecule has 6 heteroatoms. The van der Waals surface area contributed by atoms with E-state index in [0.29, 0.717) is 12.3 Å². The van der Waals surface area contributed by atoms with Crippen molar-refractivity contribution in [2.24, 2.45) is 5.10 Å². The molecule has 1 fully saturated rings. The molecule has 1 aromatic rings. The third kappa shape index (κ3) is 6.25. The number of carbonyl (C=O) groups excluding carboxylic acids is 1. The topological polar surface area (TPSA) is 64.9 Å². The zero-order valence-electron chi connectivity index (χ0n) is 17.4. The van der Waals surface area contributed by atoms with E-state index >= 15 is 0 Å². The van der Waals surface area contributed by atoms with Crippen molar-refractivity contribution in [3.63, 3.8) is 0 Å². The normalized spacial score (nSPS) is 16.7. The van der Waals surface area contributed by atoms with E-state index in [4.69, 9.17) is 0 Å². The first-order valence-electron chi connectivity index (χ1n) is 9.48. The standard InChI is InChI=1S/C21H33N3O2S/c1-20(2,3)16-11-15(12-17(19(16)26)21(4,5)6)13-22-23-18(25)14-24-7-9-27-10-8-24/h11-13,26H,7-10,14H2,1-6H3,(H,23,25). The van der Waals surface area contributed by atoms with Gasteiger partial charge in [0.05, 0.1) is 12.8 Å². The number of nitrogens with one attached hydrogen (secondary N) is 1. The van der Waals surface area contributed by atoms with Gasteiger partial charge in [0.2, 0.25) is 0 Å². The van der Waals surface area contributed by atoms with Crippen LogP contribution in [0.1, 0.15) is 58.2 Å². The number of rotatable bonds is 4. The fourth-order valence-electron chi connectivity index (χ4n) is 3.05. The summed E-state index contributed by atoms with van der Waals surface area (Å²) in [6, 6.07) is 3.89. The predicted molar refractivity (Wildman–Crippen MR) is 115 cm³/mol. The summed E-state index contributed by atoms with van der Waals surface area (Å²) < 4.78 is 0. The third-order valence-corrected chi connectivity index (χ3v) is 5.56. The molecule has 5 nitrogen and oxygen atoms in total. The minimum Gasteiger partial charge on any atom is -0.507 e. The maximum absolute atomic E-state index is 12.1. The minimum absolute atomic E-state index is 0.0935. The first-order valence-corrected chi connectivity index (χ1v) is 10.6. The van der Waals surface area contributed by atoms with E-state index in [0.717, 1.165) is 41.3 Å². The number of hydrogen-bond donors (Lipinski definition) is 2. The lowest BCUT2D eigenvalue weighted by Crippen LogP contribution is -2.40. The van der Waals surface area contributed by atoms with Crippen molar-refractivity contribution in [2.45, 2.75) is 52.4 Å². The van der Waals surface area contributed by atoms with Gasteiger partial charge in [0.25, 0.3) is 5.91 Å². The molecule has 2 N–H and O–H groups in total. The van der Waals surface area contributed by atoms with E-state index in [9.17, 15) is 9.90 Å². The molecule has 0 radical (unpaired) electrons. The second kappa shape index (κ2) is 8.65. The maximum Gasteiger partial charge on any atom is 0.254 e. The molecule has 1 saturated heterocycles. The second-order valence-corrected chi connectivity index (χ2v) is 10.4. The van der Waals surface area contributed by atoms with Gasteiger partial charge < -0.3 is 5.11 Å². The summed E-state index contributed by atoms with van der Waals surface area (Å²) in [5.41, 5.74) is 4.89. The Labute approximate surface area is 167 Å². The van der Waals surface area contributed by atoms with Crippen molar-refractivity contribution in [3.8, 4) is 5.75 Å². The van der Waals surface area contributed by atoms with Gasteiger partial charge in [0, 0.05) is 35.7 Å². The SMILES string of the molecule is CC(C)(C)c1cc(C=NNC(=O)CN2CCSCC2)cc(C(C)(C)C)c1O. The fourth-order valence-corrected chi connectivity index (χ4v) is 4.03. The second-order valence-electron chi connectivity index (χ2n) is 9.15. The molecule has 1 heterocycles. The molecule has 1 aromatic carbocycles. The van der Waals surface area contributed by atoms with E-state index in [1.165, 1.54) is 0 Å². The number of nitrogens with zero attached hydrogens (tertiary/aromatic N) is 2. The Morgan fingerprint density at radius 1 is 1.15 bits per heavy atom. The summed E-state index contributed by atoms with van der Waals surface area (Å²) >= 11 is 1.93. The fraction of sp³-hybridized carbons (Fsp3) is 0.619. The zero-order chi connectivity index (χ0) is 20.2. The molecule has 27 heavy (non-hydrogen) atoms. The van der Waals surface area contributed by atoms with Gasteiger partial charge in [-0.2, -0.15) is 16.9 Å². The van der Waals surface area contributed by atoms with Gasteiger partial charge in [-0.25, -0.2) is 5.43 Å². The van der Waals surface area contributed by atoms with E-state index in [-0.39, 0.29) is 16.7 Å². The molecule has 0 bridgehead atoms. The Kier molecular flexibility index (Phi) is 6.98. The molecule has 150 valence electrons. The molecule has 1 amide bonds. The van der Waals surface area contributed by atoms with Gasteiger partial charge in [-0.1, -0.05) is 41.5 Å². The highest BCUT2D eigenvalue weighted by molar-refractivity contribution is 7.99. The van der Waals surface area contributed by atoms with Crippen molar-refractivity contribution >= 4 is 23.9 Å². The number of aromatic hydroxyl groups is 1. The van der Waals surface area contributed by atoms with Crippen LogP contribution in [0, 0.1) is 0 Å². The van der Waals surface area contributed by atoms with Crippen LogP contribution >= 0.6 is 11.8 Å². The van der Waals surface area contributed by atoms with Crippen molar-refractivity contribution < 1.29 is 9.90 Å². The predicted octanol–water partition coefficient (Wildman–Crippen LogP) is 3.49. The largest absolute Gasteiger partial charge is 0.507 e. The van der Waals surface area contributed by atoms with E-state index in [1.54, 1.807) is 6.21 Å². The number of hydrazone groups is 1. The first-order chi connectivity index (χ1) is 12.5. The molecular weight excluding hydrogens is 358 g/mol. The quantitative estimate of drug-likeness (QED) is 0.609. The van der Waals surface area contributed by atoms with Gasteiger partial charge in [-0.3, -0.25) is 9.69 Å². The van der Waals surface area contributed by atoms with E-state index in [2.05, 4.69) is 57.0 Å². The summed E-state index contributed by atoms with van der Waals surface area (Å²) in [6.45, 7) is 14.7. The van der Waals surface area contributed by atoms with Crippen molar-refractivity contribution in [1.82, 2.24) is 10.3 Å². The highest BCUT2D eigenvalue weighted by Gasteiger charge is 2.26. The smallest absolute Gasteiger partial charge is 0.254 e. The average molecular weight is 392 g/mol. The highest BCUT2D eigenvalue weighted by Crippen LogP contribution is 2.39. The number of thioether (sulfide) groups is 1. The van der Waals surface area contributed by atoms with Gasteiger partial charge >= 0.3 is 0 Å². The molecule has 0 atom stereocenters. The summed E-state index contributed by atoms with van der Waals surface area (Å²) in [7, 11) is 0. The molecule has 1 aliphatic heterocycles. The van der Waals surface area contributed by atoms with Crippen LogP contribution in [-0.4, -0.2) is 53.3 Å². The molecular formula is C21H33N3O2S. The van der Waals surface area contributed by atoms with E-state index < -0.39 is 0 Å². The van der Waals surface area contributed by atoms with Gasteiger partial charge in [0.15, 0.2) is 0 Å². The van der Waals surface area contributed by atoms with Crippen LogP contribution in [0.2, 0.25) is 0 Å². The molecule has 0 aromatic heterocycles. The number of amides is 1. The van der Waals surface area contributed by atoms with Crippen LogP contribution < -0.4 is 5.43 Å². The lowest BCUT2D eigenvalue weighted by Gasteiger charge is -2.27. The minimum atomic E-state index is -0.191. The van der Waals surface area contributed by atoms with Crippen LogP contribution in [0.15, 0.2) is 17.2 Å². The van der Waals surface area contributed by atoms with Crippen molar-refractivity contribution in [1.29, 1.82) is 0 Å². The Morgan fingerprint density at radius 2 is 1.67 bits per heavy atom. The highest BCUT2D eigenvalue weighted by atomic mass is 32.2. The number of phenols is 1. The molecule has 1 aliphatic rings. The van der Waals surface area contributed by atoms with Crippen molar-refractivity contribution in [2.75, 3.05) is 31.1 Å². The van der Waals surface area contributed by atoms with Crippen molar-refractivity contribution in [3.05, 3.63) is 28.8 Å². The van der Waals surface area contributed by atoms with Crippen LogP contribution in [0.3, 0.4) is 0 Å². The first kappa shape index (κ1) is 21.8. The molecule has 0 saturated carbocycles. The Hall–Kier alpha value is -1.53. The lowest BCUT2D eigenvalue weighted by atomic mass is 9.78.